The zero-order valence-corrected chi connectivity index (χ0v) is 19.4. The van der Waals surface area contributed by atoms with Crippen LogP contribution in [-0.2, 0) is 6.54 Å². The molecule has 0 aliphatic heterocycles. The third kappa shape index (κ3) is 5.02. The maximum Gasteiger partial charge on any atom is 0.251 e. The molecule has 2 heterocycles. The van der Waals surface area contributed by atoms with Crippen molar-refractivity contribution in [2.45, 2.75) is 32.5 Å². The predicted octanol–water partition coefficient (Wildman–Crippen LogP) is 4.59. The van der Waals surface area contributed by atoms with E-state index in [0.717, 1.165) is 45.1 Å². The van der Waals surface area contributed by atoms with Crippen LogP contribution in [0.15, 0.2) is 53.8 Å². The van der Waals surface area contributed by atoms with E-state index in [9.17, 15) is 4.79 Å². The molecule has 0 saturated carbocycles. The smallest absolute Gasteiger partial charge is 0.251 e. The molecule has 0 fully saturated rings. The van der Waals surface area contributed by atoms with Gasteiger partial charge < -0.3 is 10.6 Å². The highest BCUT2D eigenvalue weighted by Crippen LogP contribution is 2.24. The molecule has 0 aliphatic rings. The molecular weight excluding hydrogens is 420 g/mol. The third-order valence-electron chi connectivity index (χ3n) is 5.05. The van der Waals surface area contributed by atoms with Gasteiger partial charge in [-0.15, -0.1) is 0 Å². The average molecular weight is 449 g/mol. The Balaban J connectivity index is 1.47. The zero-order valence-electron chi connectivity index (χ0n) is 18.6. The number of nitrogens with one attached hydrogen (secondary N) is 2. The van der Waals surface area contributed by atoms with E-state index in [2.05, 4.69) is 41.5 Å². The molecule has 0 aliphatic carbocycles. The summed E-state index contributed by atoms with van der Waals surface area (Å²) in [4.78, 5) is 22.0. The second kappa shape index (κ2) is 9.99. The van der Waals surface area contributed by atoms with Crippen LogP contribution in [0.2, 0.25) is 0 Å². The molecule has 0 radical (unpaired) electrons. The van der Waals surface area contributed by atoms with Gasteiger partial charge in [-0.05, 0) is 34.6 Å². The Kier molecular flexibility index (Phi) is 6.90. The lowest BCUT2D eigenvalue weighted by atomic mass is 10.1. The molecule has 8 heteroatoms. The first-order valence-corrected chi connectivity index (χ1v) is 11.9. The molecule has 4 rings (SSSR count). The molecule has 32 heavy (non-hydrogen) atoms. The number of benzene rings is 2. The molecule has 1 amide bonds. The van der Waals surface area contributed by atoms with Gasteiger partial charge in [0.1, 0.15) is 5.82 Å². The summed E-state index contributed by atoms with van der Waals surface area (Å²) < 4.78 is 1.83. The lowest BCUT2D eigenvalue weighted by Crippen LogP contribution is -2.27. The van der Waals surface area contributed by atoms with E-state index in [1.807, 2.05) is 47.1 Å². The van der Waals surface area contributed by atoms with Gasteiger partial charge in [-0.25, -0.2) is 14.6 Å². The molecule has 7 nitrogen and oxygen atoms in total. The van der Waals surface area contributed by atoms with Gasteiger partial charge in [0.15, 0.2) is 10.8 Å². The van der Waals surface area contributed by atoms with Crippen molar-refractivity contribution in [1.82, 2.24) is 25.1 Å². The van der Waals surface area contributed by atoms with Crippen molar-refractivity contribution < 1.29 is 4.79 Å². The fraction of sp³-hybridized carbons (Fsp3) is 0.333. The van der Waals surface area contributed by atoms with Crippen molar-refractivity contribution in [1.29, 1.82) is 0 Å². The number of thioether (sulfide) groups is 1. The molecule has 0 saturated heterocycles. The first-order valence-electron chi connectivity index (χ1n) is 10.9. The first kappa shape index (κ1) is 22.1. The van der Waals surface area contributed by atoms with Crippen LogP contribution in [0.3, 0.4) is 0 Å². The number of carbonyl (C=O) groups excluding carboxylic acids is 1. The fourth-order valence-electron chi connectivity index (χ4n) is 3.44. The summed E-state index contributed by atoms with van der Waals surface area (Å²) in [5, 5.41) is 14.7. The molecule has 0 atom stereocenters. The van der Waals surface area contributed by atoms with Gasteiger partial charge in [0.25, 0.3) is 5.91 Å². The van der Waals surface area contributed by atoms with Crippen LogP contribution >= 0.6 is 11.8 Å². The van der Waals surface area contributed by atoms with Gasteiger partial charge in [0.05, 0.1) is 18.1 Å². The summed E-state index contributed by atoms with van der Waals surface area (Å²) in [5.74, 6) is 2.11. The highest BCUT2D eigenvalue weighted by Gasteiger charge is 2.14. The van der Waals surface area contributed by atoms with E-state index in [4.69, 9.17) is 4.98 Å². The predicted molar refractivity (Wildman–Crippen MR) is 131 cm³/mol. The van der Waals surface area contributed by atoms with E-state index in [-0.39, 0.29) is 5.91 Å². The lowest BCUT2D eigenvalue weighted by Gasteiger charge is -2.11. The van der Waals surface area contributed by atoms with E-state index >= 15 is 0 Å². The molecule has 2 N–H and O–H groups in total. The maximum atomic E-state index is 12.6. The van der Waals surface area contributed by atoms with Crippen molar-refractivity contribution >= 4 is 45.3 Å². The molecule has 0 spiro atoms. The van der Waals surface area contributed by atoms with E-state index < -0.39 is 0 Å². The number of aromatic nitrogens is 4. The monoisotopic (exact) mass is 448 g/mol. The van der Waals surface area contributed by atoms with E-state index in [0.29, 0.717) is 24.6 Å². The standard InChI is InChI=1S/C24H28N6OS/c1-4-32-24-28-21(26-14-16(2)3)20-15-27-30(22(20)29-24)12-11-25-23(31)19-10-9-17-7-5-6-8-18(17)13-19/h5-10,13,15-16H,4,11-12,14H2,1-3H3,(H,25,31)(H,26,28,29). The lowest BCUT2D eigenvalue weighted by molar-refractivity contribution is 0.0952. The Hall–Kier alpha value is -3.13. The average Bonchev–Trinajstić information content (AvgIpc) is 3.20. The van der Waals surface area contributed by atoms with Crippen LogP contribution in [-0.4, -0.2) is 44.5 Å². The molecule has 0 unspecified atom stereocenters. The summed E-state index contributed by atoms with van der Waals surface area (Å²) >= 11 is 1.60. The van der Waals surface area contributed by atoms with Crippen molar-refractivity contribution in [2.24, 2.45) is 5.92 Å². The number of rotatable bonds is 9. The summed E-state index contributed by atoms with van der Waals surface area (Å²) in [5.41, 5.74) is 1.43. The third-order valence-corrected chi connectivity index (χ3v) is 5.78. The largest absolute Gasteiger partial charge is 0.369 e. The SMILES string of the molecule is CCSc1nc(NCC(C)C)c2cnn(CCNC(=O)c3ccc4ccccc4c3)c2n1. The van der Waals surface area contributed by atoms with Crippen LogP contribution in [0, 0.1) is 5.92 Å². The Bertz CT molecular complexity index is 1240. The summed E-state index contributed by atoms with van der Waals surface area (Å²) in [6, 6.07) is 13.8. The van der Waals surface area contributed by atoms with Gasteiger partial charge in [-0.2, -0.15) is 5.10 Å². The highest BCUT2D eigenvalue weighted by atomic mass is 32.2. The van der Waals surface area contributed by atoms with Gasteiger partial charge in [0.2, 0.25) is 0 Å². The normalized spacial score (nSPS) is 11.4. The number of hydrogen-bond acceptors (Lipinski definition) is 6. The van der Waals surface area contributed by atoms with Crippen molar-refractivity contribution in [3.8, 4) is 0 Å². The van der Waals surface area contributed by atoms with E-state index in [1.54, 1.807) is 18.0 Å². The van der Waals surface area contributed by atoms with Gasteiger partial charge in [-0.1, -0.05) is 62.9 Å². The van der Waals surface area contributed by atoms with Crippen molar-refractivity contribution in [3.63, 3.8) is 0 Å². The minimum atomic E-state index is -0.0941. The number of fused-ring (bicyclic) bond motifs is 2. The Labute approximate surface area is 192 Å². The maximum absolute atomic E-state index is 12.6. The van der Waals surface area contributed by atoms with Gasteiger partial charge >= 0.3 is 0 Å². The molecule has 4 aromatic rings. The van der Waals surface area contributed by atoms with Crippen LogP contribution in [0.4, 0.5) is 5.82 Å². The number of amides is 1. The molecule has 166 valence electrons. The van der Waals surface area contributed by atoms with Crippen molar-refractivity contribution in [3.05, 3.63) is 54.2 Å². The fourth-order valence-corrected chi connectivity index (χ4v) is 4.00. The molecule has 2 aromatic heterocycles. The minimum Gasteiger partial charge on any atom is -0.369 e. The van der Waals surface area contributed by atoms with Crippen LogP contribution in [0.25, 0.3) is 21.8 Å². The second-order valence-corrected chi connectivity index (χ2v) is 9.22. The highest BCUT2D eigenvalue weighted by molar-refractivity contribution is 7.99. The van der Waals surface area contributed by atoms with Gasteiger partial charge in [-0.3, -0.25) is 4.79 Å². The molecule has 2 aromatic carbocycles. The second-order valence-electron chi connectivity index (χ2n) is 7.99. The first-order chi connectivity index (χ1) is 15.5. The summed E-state index contributed by atoms with van der Waals surface area (Å²) in [7, 11) is 0. The quantitative estimate of drug-likeness (QED) is 0.288. The Morgan fingerprint density at radius 1 is 1.12 bits per heavy atom. The van der Waals surface area contributed by atoms with Crippen LogP contribution < -0.4 is 10.6 Å². The zero-order chi connectivity index (χ0) is 22.5. The Morgan fingerprint density at radius 3 is 2.72 bits per heavy atom. The van der Waals surface area contributed by atoms with Crippen LogP contribution in [0.5, 0.6) is 0 Å². The number of hydrogen-bond donors (Lipinski definition) is 2. The topological polar surface area (TPSA) is 84.7 Å². The Morgan fingerprint density at radius 2 is 1.94 bits per heavy atom. The summed E-state index contributed by atoms with van der Waals surface area (Å²) in [6.45, 7) is 8.22. The van der Waals surface area contributed by atoms with E-state index in [1.165, 1.54) is 0 Å². The minimum absolute atomic E-state index is 0.0941. The molecular formula is C24H28N6OS. The summed E-state index contributed by atoms with van der Waals surface area (Å²) in [6.07, 6.45) is 1.80. The van der Waals surface area contributed by atoms with Crippen molar-refractivity contribution in [2.75, 3.05) is 24.2 Å². The number of carbonyl (C=O) groups is 1. The van der Waals surface area contributed by atoms with Gasteiger partial charge in [0, 0.05) is 18.7 Å². The number of nitrogens with zero attached hydrogens (tertiary/aromatic N) is 4. The molecule has 0 bridgehead atoms. The number of anilines is 1. The van der Waals surface area contributed by atoms with Crippen LogP contribution in [0.1, 0.15) is 31.1 Å².